The Morgan fingerprint density at radius 2 is 0.647 bits per heavy atom. The van der Waals surface area contributed by atoms with Gasteiger partial charge in [0, 0.05) is 19.4 Å². The van der Waals surface area contributed by atoms with Gasteiger partial charge in [0.05, 0.1) is 13.2 Å². The van der Waals surface area contributed by atoms with Gasteiger partial charge < -0.3 is 20.1 Å². The summed E-state index contributed by atoms with van der Waals surface area (Å²) in [6.07, 6.45) is 94.0. The Bertz CT molecular complexity index is 1670. The molecule has 9 nitrogen and oxygen atoms in total. The Labute approximate surface area is 525 Å². The molecule has 0 aliphatic carbocycles. The minimum Gasteiger partial charge on any atom is -0.462 e. The zero-order chi connectivity index (χ0) is 61.6. The van der Waals surface area contributed by atoms with Crippen LogP contribution in [0.15, 0.2) is 85.1 Å². The maximum atomic E-state index is 12.8. The smallest absolute Gasteiger partial charge is 0.462 e. The molecule has 0 rings (SSSR count). The van der Waals surface area contributed by atoms with Crippen molar-refractivity contribution < 1.29 is 37.6 Å². The van der Waals surface area contributed by atoms with E-state index in [2.05, 4.69) is 98.9 Å². The summed E-state index contributed by atoms with van der Waals surface area (Å²) in [4.78, 5) is 35.4. The van der Waals surface area contributed by atoms with E-state index >= 15 is 0 Å². The average molecular weight is 1210 g/mol. The highest BCUT2D eigenvalue weighted by molar-refractivity contribution is 7.47. The molecule has 0 aromatic carbocycles. The highest BCUT2D eigenvalue weighted by Gasteiger charge is 2.26. The van der Waals surface area contributed by atoms with Gasteiger partial charge in [-0.1, -0.05) is 330 Å². The number of rotatable bonds is 68. The number of carbonyl (C=O) groups excluding carboxylic acids is 2. The predicted molar refractivity (Wildman–Crippen MR) is 367 cm³/mol. The third-order valence-electron chi connectivity index (χ3n) is 15.8. The third-order valence-corrected chi connectivity index (χ3v) is 16.7. The van der Waals surface area contributed by atoms with E-state index in [1.54, 1.807) is 0 Å². The van der Waals surface area contributed by atoms with Gasteiger partial charge in [0.25, 0.3) is 0 Å². The highest BCUT2D eigenvalue weighted by atomic mass is 31.2. The lowest BCUT2D eigenvalue weighted by molar-refractivity contribution is -0.161. The van der Waals surface area contributed by atoms with Gasteiger partial charge in [-0.15, -0.1) is 0 Å². The monoisotopic (exact) mass is 1210 g/mol. The van der Waals surface area contributed by atoms with Crippen molar-refractivity contribution >= 4 is 19.8 Å². The number of phosphoric ester groups is 1. The summed E-state index contributed by atoms with van der Waals surface area (Å²) in [6, 6.07) is 0. The minimum atomic E-state index is -4.40. The number of hydrogen-bond acceptors (Lipinski definition) is 8. The van der Waals surface area contributed by atoms with Crippen LogP contribution < -0.4 is 5.73 Å². The largest absolute Gasteiger partial charge is 0.472 e. The second kappa shape index (κ2) is 70.3. The van der Waals surface area contributed by atoms with E-state index < -0.39 is 26.5 Å². The fourth-order valence-corrected chi connectivity index (χ4v) is 11.2. The number of ether oxygens (including phenoxy) is 2. The van der Waals surface area contributed by atoms with Gasteiger partial charge in [-0.05, 0) is 89.9 Å². The normalized spacial score (nSPS) is 13.4. The molecule has 0 saturated carbocycles. The number of unbranched alkanes of at least 4 members (excludes halogenated alkanes) is 41. The number of allylic oxidation sites excluding steroid dienone is 14. The fraction of sp³-hybridized carbons (Fsp3) is 0.787. The van der Waals surface area contributed by atoms with Crippen LogP contribution in [0.3, 0.4) is 0 Å². The Balaban J connectivity index is 3.85. The molecule has 0 radical (unpaired) electrons. The Kier molecular flexibility index (Phi) is 68.0. The number of esters is 2. The van der Waals surface area contributed by atoms with Gasteiger partial charge >= 0.3 is 19.8 Å². The van der Waals surface area contributed by atoms with E-state index in [9.17, 15) is 19.0 Å². The van der Waals surface area contributed by atoms with Crippen molar-refractivity contribution in [1.82, 2.24) is 0 Å². The molecule has 0 aliphatic rings. The molecule has 0 aromatic heterocycles. The molecular weight excluding hydrogens is 1070 g/mol. The average Bonchev–Trinajstić information content (AvgIpc) is 3.52. The van der Waals surface area contributed by atoms with Gasteiger partial charge in [-0.2, -0.15) is 0 Å². The summed E-state index contributed by atoms with van der Waals surface area (Å²) in [5.41, 5.74) is 5.41. The first-order valence-electron chi connectivity index (χ1n) is 36.1. The van der Waals surface area contributed by atoms with Crippen molar-refractivity contribution in [3.63, 3.8) is 0 Å². The lowest BCUT2D eigenvalue weighted by Crippen LogP contribution is -2.29. The van der Waals surface area contributed by atoms with Crippen LogP contribution in [-0.4, -0.2) is 49.3 Å². The van der Waals surface area contributed by atoms with E-state index in [1.807, 2.05) is 0 Å². The second-order valence-corrected chi connectivity index (χ2v) is 25.5. The number of carbonyl (C=O) groups is 2. The van der Waals surface area contributed by atoms with Crippen LogP contribution in [-0.2, 0) is 32.7 Å². The molecular formula is C75H136NO8P. The summed E-state index contributed by atoms with van der Waals surface area (Å²) in [5, 5.41) is 0. The molecule has 0 aliphatic heterocycles. The summed E-state index contributed by atoms with van der Waals surface area (Å²) in [5.74, 6) is -0.813. The van der Waals surface area contributed by atoms with Gasteiger partial charge in [0.15, 0.2) is 6.10 Å². The minimum absolute atomic E-state index is 0.0529. The summed E-state index contributed by atoms with van der Waals surface area (Å²) < 4.78 is 33.2. The van der Waals surface area contributed by atoms with Crippen molar-refractivity contribution in [3.05, 3.63) is 85.1 Å². The molecule has 0 fully saturated rings. The first kappa shape index (κ1) is 82.2. The number of phosphoric acid groups is 1. The molecule has 0 aromatic rings. The van der Waals surface area contributed by atoms with Gasteiger partial charge in [0.1, 0.15) is 6.61 Å². The topological polar surface area (TPSA) is 134 Å². The zero-order valence-corrected chi connectivity index (χ0v) is 56.5. The molecule has 0 amide bonds. The van der Waals surface area contributed by atoms with Crippen molar-refractivity contribution in [2.75, 3.05) is 26.4 Å². The van der Waals surface area contributed by atoms with Crippen LogP contribution in [0.1, 0.15) is 348 Å². The lowest BCUT2D eigenvalue weighted by atomic mass is 10.0. The SMILES string of the molecule is CC/C=C\C/C=C\C/C=C\C/C=C\C/C=C\C/C=C\CCCCCCCCCCCCCCCCCCC(=O)OC(COC(=O)CCCCCCCCCCCCCCCCCCC/C=C\CCCCCCCCCC)COP(=O)(O)OCCN. The fourth-order valence-electron chi connectivity index (χ4n) is 10.5. The molecule has 2 atom stereocenters. The maximum Gasteiger partial charge on any atom is 0.472 e. The van der Waals surface area contributed by atoms with Crippen LogP contribution in [0.4, 0.5) is 0 Å². The quantitative estimate of drug-likeness (QED) is 0.0264. The van der Waals surface area contributed by atoms with Crippen LogP contribution in [0.2, 0.25) is 0 Å². The van der Waals surface area contributed by atoms with Gasteiger partial charge in [-0.25, -0.2) is 4.57 Å². The molecule has 0 bridgehead atoms. The van der Waals surface area contributed by atoms with Crippen molar-refractivity contribution in [3.8, 4) is 0 Å². The van der Waals surface area contributed by atoms with E-state index in [0.717, 1.165) is 77.0 Å². The summed E-state index contributed by atoms with van der Waals surface area (Å²) >= 11 is 0. The van der Waals surface area contributed by atoms with Crippen molar-refractivity contribution in [2.45, 2.75) is 354 Å². The molecule has 0 heterocycles. The summed E-state index contributed by atoms with van der Waals surface area (Å²) in [7, 11) is -4.40. The van der Waals surface area contributed by atoms with E-state index in [0.29, 0.717) is 6.42 Å². The van der Waals surface area contributed by atoms with Crippen LogP contribution in [0.25, 0.3) is 0 Å². The van der Waals surface area contributed by atoms with Crippen LogP contribution in [0.5, 0.6) is 0 Å². The lowest BCUT2D eigenvalue weighted by Gasteiger charge is -2.19. The maximum absolute atomic E-state index is 12.8. The molecule has 2 unspecified atom stereocenters. The number of nitrogens with two attached hydrogens (primary N) is 1. The Hall–Kier alpha value is -2.81. The predicted octanol–water partition coefficient (Wildman–Crippen LogP) is 23.8. The van der Waals surface area contributed by atoms with Gasteiger partial charge in [-0.3, -0.25) is 18.6 Å². The first-order valence-corrected chi connectivity index (χ1v) is 37.6. The summed E-state index contributed by atoms with van der Waals surface area (Å²) in [6.45, 7) is 3.68. The third kappa shape index (κ3) is 70.2. The van der Waals surface area contributed by atoms with Crippen LogP contribution >= 0.6 is 7.82 Å². The Morgan fingerprint density at radius 1 is 0.365 bits per heavy atom. The van der Waals surface area contributed by atoms with E-state index in [-0.39, 0.29) is 38.6 Å². The van der Waals surface area contributed by atoms with Crippen molar-refractivity contribution in [1.29, 1.82) is 0 Å². The first-order chi connectivity index (χ1) is 41.8. The second-order valence-electron chi connectivity index (χ2n) is 24.1. The molecule has 494 valence electrons. The van der Waals surface area contributed by atoms with E-state index in [4.69, 9.17) is 24.3 Å². The zero-order valence-electron chi connectivity index (χ0n) is 55.6. The standard InChI is InChI=1S/C75H136NO8P/c1-3-5-7-9-11-13-15-17-19-21-23-25-27-29-31-33-34-35-36-37-38-40-42-44-46-48-50-52-54-56-58-60-62-64-66-68-75(78)84-73(72-83-85(79,80)82-70-69-76)71-81-74(77)67-65-63-61-59-57-55-53-51-49-47-45-43-41-39-32-30-28-26-24-22-20-18-16-14-12-10-8-6-4-2/h5,7,11,13,17,19,22-25,29,31,34-35,73H,3-4,6,8-10,12,14-16,18,20-21,26-28,30,32-33,36-72,76H2,1-2H3,(H,79,80)/b7-5-,13-11-,19-17-,24-22-,25-23-,31-29-,35-34-. The highest BCUT2D eigenvalue weighted by Crippen LogP contribution is 2.43. The van der Waals surface area contributed by atoms with E-state index in [1.165, 1.54) is 238 Å². The number of hydrogen-bond donors (Lipinski definition) is 2. The van der Waals surface area contributed by atoms with Crippen molar-refractivity contribution in [2.24, 2.45) is 5.73 Å². The Morgan fingerprint density at radius 3 is 0.976 bits per heavy atom. The molecule has 0 spiro atoms. The molecule has 10 heteroatoms. The molecule has 85 heavy (non-hydrogen) atoms. The molecule has 0 saturated heterocycles. The van der Waals surface area contributed by atoms with Crippen LogP contribution in [0, 0.1) is 0 Å². The molecule has 3 N–H and O–H groups in total. The van der Waals surface area contributed by atoms with Gasteiger partial charge in [0.2, 0.25) is 0 Å².